The van der Waals surface area contributed by atoms with Crippen molar-refractivity contribution in [2.75, 3.05) is 0 Å². The zero-order valence-corrected chi connectivity index (χ0v) is 17.5. The number of hydrogen-bond acceptors (Lipinski definition) is 7. The smallest absolute Gasteiger partial charge is 0.125 e. The molecular formula is C25H27N3O4. The number of nitrogens with one attached hydrogen (secondary N) is 3. The van der Waals surface area contributed by atoms with Gasteiger partial charge in [-0.15, -0.1) is 0 Å². The number of rotatable bonds is 3. The van der Waals surface area contributed by atoms with Crippen molar-refractivity contribution in [2.24, 2.45) is 0 Å². The van der Waals surface area contributed by atoms with E-state index in [4.69, 9.17) is 0 Å². The molecule has 166 valence electrons. The van der Waals surface area contributed by atoms with Gasteiger partial charge in [-0.2, -0.15) is 0 Å². The SMILES string of the molecule is Oc1ccc(C2NC(c3ccc4c(c3)CCCC4)NC(c3ccc(O)cc3O)N2)c(O)c1. The lowest BCUT2D eigenvalue weighted by molar-refractivity contribution is 0.197. The number of benzene rings is 3. The fourth-order valence-electron chi connectivity index (χ4n) is 4.68. The van der Waals surface area contributed by atoms with Crippen LogP contribution in [0.15, 0.2) is 54.6 Å². The van der Waals surface area contributed by atoms with Gasteiger partial charge in [0, 0.05) is 23.3 Å². The normalized spacial score (nSPS) is 22.9. The van der Waals surface area contributed by atoms with Crippen molar-refractivity contribution in [3.63, 3.8) is 0 Å². The third-order valence-electron chi connectivity index (χ3n) is 6.36. The van der Waals surface area contributed by atoms with Crippen LogP contribution in [0.1, 0.15) is 59.2 Å². The second-order valence-electron chi connectivity index (χ2n) is 8.52. The van der Waals surface area contributed by atoms with Crippen molar-refractivity contribution in [1.82, 2.24) is 16.0 Å². The maximum atomic E-state index is 10.5. The Morgan fingerprint density at radius 2 is 1.09 bits per heavy atom. The standard InChI is InChI=1S/C25H27N3O4/c29-17-7-9-19(21(31)12-17)24-26-23(16-6-5-14-3-1-2-4-15(14)11-16)27-25(28-24)20-10-8-18(30)13-22(20)32/h5-13,23-32H,1-4H2. The van der Waals surface area contributed by atoms with E-state index in [-0.39, 0.29) is 29.2 Å². The van der Waals surface area contributed by atoms with Crippen LogP contribution in [-0.4, -0.2) is 20.4 Å². The molecule has 3 aromatic rings. The van der Waals surface area contributed by atoms with Gasteiger partial charge < -0.3 is 20.4 Å². The van der Waals surface area contributed by atoms with Gasteiger partial charge in [-0.25, -0.2) is 0 Å². The predicted molar refractivity (Wildman–Crippen MR) is 120 cm³/mol. The first-order valence-corrected chi connectivity index (χ1v) is 10.9. The number of hydrogen-bond donors (Lipinski definition) is 7. The molecule has 0 spiro atoms. The molecule has 32 heavy (non-hydrogen) atoms. The molecule has 7 N–H and O–H groups in total. The fraction of sp³-hybridized carbons (Fsp3) is 0.280. The molecule has 0 saturated carbocycles. The number of fused-ring (bicyclic) bond motifs is 1. The molecule has 3 aromatic carbocycles. The van der Waals surface area contributed by atoms with Crippen molar-refractivity contribution in [3.05, 3.63) is 82.4 Å². The van der Waals surface area contributed by atoms with Crippen molar-refractivity contribution in [3.8, 4) is 23.0 Å². The van der Waals surface area contributed by atoms with E-state index in [9.17, 15) is 20.4 Å². The Bertz CT molecular complexity index is 1090. The topological polar surface area (TPSA) is 117 Å². The molecule has 1 aliphatic carbocycles. The number of aromatic hydroxyl groups is 4. The lowest BCUT2D eigenvalue weighted by Crippen LogP contribution is -2.54. The summed E-state index contributed by atoms with van der Waals surface area (Å²) in [6, 6.07) is 15.5. The summed E-state index contributed by atoms with van der Waals surface area (Å²) in [4.78, 5) is 0. The van der Waals surface area contributed by atoms with Crippen LogP contribution in [0.5, 0.6) is 23.0 Å². The predicted octanol–water partition coefficient (Wildman–Crippen LogP) is 3.57. The fourth-order valence-corrected chi connectivity index (χ4v) is 4.68. The third-order valence-corrected chi connectivity index (χ3v) is 6.36. The molecule has 1 heterocycles. The van der Waals surface area contributed by atoms with E-state index in [0.29, 0.717) is 11.1 Å². The quantitative estimate of drug-likeness (QED) is 0.338. The maximum absolute atomic E-state index is 10.5. The summed E-state index contributed by atoms with van der Waals surface area (Å²) in [5.41, 5.74) is 4.99. The first kappa shape index (κ1) is 20.6. The van der Waals surface area contributed by atoms with E-state index in [1.807, 2.05) is 0 Å². The van der Waals surface area contributed by atoms with Crippen LogP contribution in [0, 0.1) is 0 Å². The Hall–Kier alpha value is -3.26. The Kier molecular flexibility index (Phi) is 5.38. The minimum atomic E-state index is -0.462. The van der Waals surface area contributed by atoms with Crippen molar-refractivity contribution in [1.29, 1.82) is 0 Å². The van der Waals surface area contributed by atoms with E-state index in [0.717, 1.165) is 18.4 Å². The minimum Gasteiger partial charge on any atom is -0.508 e. The van der Waals surface area contributed by atoms with E-state index in [1.54, 1.807) is 12.1 Å². The highest BCUT2D eigenvalue weighted by atomic mass is 16.3. The third kappa shape index (κ3) is 3.98. The van der Waals surface area contributed by atoms with Crippen LogP contribution in [0.4, 0.5) is 0 Å². The molecule has 0 bridgehead atoms. The van der Waals surface area contributed by atoms with Crippen LogP contribution in [-0.2, 0) is 12.8 Å². The number of phenolic OH excluding ortho intramolecular Hbond substituents is 4. The number of aryl methyl sites for hydroxylation is 2. The maximum Gasteiger partial charge on any atom is 0.125 e. The van der Waals surface area contributed by atoms with Crippen LogP contribution < -0.4 is 16.0 Å². The first-order chi connectivity index (χ1) is 15.5. The van der Waals surface area contributed by atoms with Crippen LogP contribution >= 0.6 is 0 Å². The minimum absolute atomic E-state index is 0.0147. The molecule has 2 aliphatic rings. The molecule has 7 heteroatoms. The zero-order chi connectivity index (χ0) is 22.2. The summed E-state index contributed by atoms with van der Waals surface area (Å²) in [5, 5.41) is 50.7. The van der Waals surface area contributed by atoms with Gasteiger partial charge in [-0.05, 0) is 66.6 Å². The van der Waals surface area contributed by atoms with Gasteiger partial charge in [0.05, 0.1) is 18.5 Å². The summed E-state index contributed by atoms with van der Waals surface area (Å²) >= 11 is 0. The molecule has 0 radical (unpaired) electrons. The Morgan fingerprint density at radius 3 is 1.66 bits per heavy atom. The highest BCUT2D eigenvalue weighted by Gasteiger charge is 2.32. The Balaban J connectivity index is 1.52. The Morgan fingerprint density at radius 1 is 0.562 bits per heavy atom. The summed E-state index contributed by atoms with van der Waals surface area (Å²) in [6.45, 7) is 0. The van der Waals surface area contributed by atoms with Crippen molar-refractivity contribution < 1.29 is 20.4 Å². The van der Waals surface area contributed by atoms with Gasteiger partial charge >= 0.3 is 0 Å². The second kappa shape index (κ2) is 8.35. The average molecular weight is 434 g/mol. The van der Waals surface area contributed by atoms with Gasteiger partial charge in [0.1, 0.15) is 23.0 Å². The molecule has 2 atom stereocenters. The van der Waals surface area contributed by atoms with E-state index < -0.39 is 12.3 Å². The molecule has 0 amide bonds. The van der Waals surface area contributed by atoms with Gasteiger partial charge in [0.25, 0.3) is 0 Å². The lowest BCUT2D eigenvalue weighted by atomic mass is 9.89. The van der Waals surface area contributed by atoms with Crippen LogP contribution in [0.2, 0.25) is 0 Å². The summed E-state index contributed by atoms with van der Waals surface area (Å²) < 4.78 is 0. The second-order valence-corrected chi connectivity index (χ2v) is 8.52. The molecule has 1 aliphatic heterocycles. The highest BCUT2D eigenvalue weighted by molar-refractivity contribution is 5.44. The largest absolute Gasteiger partial charge is 0.508 e. The Labute approximate surface area is 186 Å². The molecule has 7 nitrogen and oxygen atoms in total. The number of phenols is 4. The molecule has 0 aromatic heterocycles. The van der Waals surface area contributed by atoms with Crippen molar-refractivity contribution in [2.45, 2.75) is 44.2 Å². The molecular weight excluding hydrogens is 406 g/mol. The van der Waals surface area contributed by atoms with E-state index in [2.05, 4.69) is 34.1 Å². The monoisotopic (exact) mass is 433 g/mol. The van der Waals surface area contributed by atoms with Gasteiger partial charge in [-0.3, -0.25) is 16.0 Å². The zero-order valence-electron chi connectivity index (χ0n) is 17.5. The van der Waals surface area contributed by atoms with Gasteiger partial charge in [0.2, 0.25) is 0 Å². The average Bonchev–Trinajstić information content (AvgIpc) is 2.78. The van der Waals surface area contributed by atoms with Crippen LogP contribution in [0.3, 0.4) is 0 Å². The summed E-state index contributed by atoms with van der Waals surface area (Å²) in [5.74, 6) is -0.0946. The molecule has 1 fully saturated rings. The highest BCUT2D eigenvalue weighted by Crippen LogP contribution is 2.36. The molecule has 1 saturated heterocycles. The van der Waals surface area contributed by atoms with Crippen LogP contribution in [0.25, 0.3) is 0 Å². The van der Waals surface area contributed by atoms with E-state index >= 15 is 0 Å². The van der Waals surface area contributed by atoms with E-state index in [1.165, 1.54) is 48.2 Å². The molecule has 2 unspecified atom stereocenters. The van der Waals surface area contributed by atoms with Gasteiger partial charge in [-0.1, -0.05) is 18.2 Å². The first-order valence-electron chi connectivity index (χ1n) is 10.9. The van der Waals surface area contributed by atoms with Crippen molar-refractivity contribution >= 4 is 0 Å². The molecule has 5 rings (SSSR count). The summed E-state index contributed by atoms with van der Waals surface area (Å²) in [7, 11) is 0. The lowest BCUT2D eigenvalue weighted by Gasteiger charge is -2.40. The van der Waals surface area contributed by atoms with Gasteiger partial charge in [0.15, 0.2) is 0 Å². The summed E-state index contributed by atoms with van der Waals surface area (Å²) in [6.07, 6.45) is 3.40.